The Balaban J connectivity index is 0.00000225. The molecule has 1 aliphatic heterocycles. The van der Waals surface area contributed by atoms with Crippen LogP contribution < -0.4 is 10.6 Å². The Morgan fingerprint density at radius 1 is 1.62 bits per heavy atom. The predicted molar refractivity (Wildman–Crippen MR) is 77.2 cm³/mol. The largest absolute Gasteiger partial charge is 0.353 e. The van der Waals surface area contributed by atoms with Crippen LogP contribution in [0.15, 0.2) is 17.6 Å². The summed E-state index contributed by atoms with van der Waals surface area (Å²) in [5, 5.41) is 6.07. The molecule has 0 spiro atoms. The first-order valence-corrected chi connectivity index (χ1v) is 6.68. The minimum atomic E-state index is -2.84. The fourth-order valence-electron chi connectivity index (χ4n) is 1.47. The van der Waals surface area contributed by atoms with Crippen molar-refractivity contribution in [1.29, 1.82) is 0 Å². The number of rotatable bonds is 3. The Morgan fingerprint density at radius 3 is 2.75 bits per heavy atom. The van der Waals surface area contributed by atoms with E-state index in [-0.39, 0.29) is 41.5 Å². The van der Waals surface area contributed by atoms with Crippen molar-refractivity contribution in [1.82, 2.24) is 10.6 Å². The molecular weight excluding hydrogens is 341 g/mol. The zero-order valence-electron chi connectivity index (χ0n) is 9.27. The average molecular weight is 359 g/mol. The van der Waals surface area contributed by atoms with Crippen molar-refractivity contribution in [3.8, 4) is 0 Å². The maximum absolute atomic E-state index is 11.2. The lowest BCUT2D eigenvalue weighted by molar-refractivity contribution is 0.600. The monoisotopic (exact) mass is 359 g/mol. The Bertz CT molecular complexity index is 354. The van der Waals surface area contributed by atoms with Gasteiger partial charge in [0, 0.05) is 19.6 Å². The summed E-state index contributed by atoms with van der Waals surface area (Å²) in [7, 11) is -1.18. The van der Waals surface area contributed by atoms with Crippen LogP contribution in [-0.2, 0) is 9.84 Å². The molecule has 2 N–H and O–H groups in total. The highest BCUT2D eigenvalue weighted by Gasteiger charge is 2.28. The van der Waals surface area contributed by atoms with Crippen LogP contribution >= 0.6 is 24.0 Å². The Morgan fingerprint density at radius 2 is 2.31 bits per heavy atom. The first-order valence-electron chi connectivity index (χ1n) is 4.86. The molecule has 7 heteroatoms. The van der Waals surface area contributed by atoms with Gasteiger partial charge in [0.15, 0.2) is 15.8 Å². The second-order valence-electron chi connectivity index (χ2n) is 3.49. The van der Waals surface area contributed by atoms with Gasteiger partial charge in [0.2, 0.25) is 0 Å². The molecule has 1 unspecified atom stereocenters. The summed E-state index contributed by atoms with van der Waals surface area (Å²) in [4.78, 5) is 3.99. The number of nitrogens with one attached hydrogen (secondary N) is 2. The second-order valence-corrected chi connectivity index (χ2v) is 5.71. The first kappa shape index (κ1) is 15.7. The molecule has 0 aromatic rings. The number of aliphatic imine (C=N–C) groups is 1. The minimum Gasteiger partial charge on any atom is -0.353 e. The lowest BCUT2D eigenvalue weighted by atomic mass is 10.3. The molecule has 0 bridgehead atoms. The molecule has 16 heavy (non-hydrogen) atoms. The standard InChI is InChI=1S/C9H17N3O2S.HI/c1-3-5-11-9(10-2)12-8-4-6-15(13,14)7-8;/h3,8H,1,4-7H2,2H3,(H2,10,11,12);1H. The summed E-state index contributed by atoms with van der Waals surface area (Å²) in [6, 6.07) is -0.0222. The van der Waals surface area contributed by atoms with Crippen LogP contribution in [0.3, 0.4) is 0 Å². The maximum atomic E-state index is 11.2. The lowest BCUT2D eigenvalue weighted by Gasteiger charge is -2.14. The molecule has 1 rings (SSSR count). The molecule has 1 aliphatic rings. The van der Waals surface area contributed by atoms with Gasteiger partial charge in [-0.1, -0.05) is 6.08 Å². The van der Waals surface area contributed by atoms with Gasteiger partial charge in [-0.05, 0) is 6.42 Å². The molecule has 0 amide bonds. The smallest absolute Gasteiger partial charge is 0.191 e. The molecule has 0 aliphatic carbocycles. The summed E-state index contributed by atoms with van der Waals surface area (Å²) < 4.78 is 22.4. The number of nitrogens with zero attached hydrogens (tertiary/aromatic N) is 1. The van der Waals surface area contributed by atoms with Crippen LogP contribution in [0.2, 0.25) is 0 Å². The summed E-state index contributed by atoms with van der Waals surface area (Å²) in [6.45, 7) is 4.19. The van der Waals surface area contributed by atoms with Crippen LogP contribution in [0, 0.1) is 0 Å². The van der Waals surface area contributed by atoms with Gasteiger partial charge in [-0.25, -0.2) is 8.42 Å². The van der Waals surface area contributed by atoms with Gasteiger partial charge in [0.25, 0.3) is 0 Å². The number of sulfone groups is 1. The van der Waals surface area contributed by atoms with E-state index in [1.54, 1.807) is 13.1 Å². The van der Waals surface area contributed by atoms with Gasteiger partial charge in [0.1, 0.15) is 0 Å². The van der Waals surface area contributed by atoms with Crippen LogP contribution in [0.4, 0.5) is 0 Å². The summed E-state index contributed by atoms with van der Waals surface area (Å²) in [6.07, 6.45) is 2.37. The molecule has 1 fully saturated rings. The zero-order valence-corrected chi connectivity index (χ0v) is 12.4. The molecule has 1 atom stereocenters. The normalized spacial score (nSPS) is 23.3. The van der Waals surface area contributed by atoms with E-state index >= 15 is 0 Å². The third-order valence-corrected chi connectivity index (χ3v) is 3.98. The highest BCUT2D eigenvalue weighted by atomic mass is 127. The van der Waals surface area contributed by atoms with E-state index in [1.807, 2.05) is 0 Å². The highest BCUT2D eigenvalue weighted by Crippen LogP contribution is 2.10. The van der Waals surface area contributed by atoms with E-state index in [4.69, 9.17) is 0 Å². The summed E-state index contributed by atoms with van der Waals surface area (Å²) in [5.74, 6) is 1.09. The zero-order chi connectivity index (χ0) is 11.3. The van der Waals surface area contributed by atoms with Crippen molar-refractivity contribution in [3.05, 3.63) is 12.7 Å². The molecule has 0 radical (unpaired) electrons. The third-order valence-electron chi connectivity index (χ3n) is 2.21. The van der Waals surface area contributed by atoms with E-state index in [1.165, 1.54) is 0 Å². The summed E-state index contributed by atoms with van der Waals surface area (Å²) in [5.41, 5.74) is 0. The van der Waals surface area contributed by atoms with Crippen molar-refractivity contribution < 1.29 is 8.42 Å². The summed E-state index contributed by atoms with van der Waals surface area (Å²) >= 11 is 0. The molecule has 0 saturated carbocycles. The minimum absolute atomic E-state index is 0. The van der Waals surface area contributed by atoms with Gasteiger partial charge in [-0.15, -0.1) is 30.6 Å². The van der Waals surface area contributed by atoms with Crippen molar-refractivity contribution in [3.63, 3.8) is 0 Å². The van der Waals surface area contributed by atoms with Gasteiger partial charge in [-0.2, -0.15) is 0 Å². The quantitative estimate of drug-likeness (QED) is 0.326. The van der Waals surface area contributed by atoms with Crippen LogP contribution in [0.25, 0.3) is 0 Å². The van der Waals surface area contributed by atoms with Crippen LogP contribution in [0.5, 0.6) is 0 Å². The SMILES string of the molecule is C=CCNC(=NC)NC1CCS(=O)(=O)C1.I. The lowest BCUT2D eigenvalue weighted by Crippen LogP contribution is -2.43. The molecule has 1 saturated heterocycles. The number of hydrogen-bond acceptors (Lipinski definition) is 3. The van der Waals surface area contributed by atoms with Crippen molar-refractivity contribution in [2.24, 2.45) is 4.99 Å². The number of guanidine groups is 1. The molecule has 0 aromatic heterocycles. The predicted octanol–water partition coefficient (Wildman–Crippen LogP) is 0.142. The van der Waals surface area contributed by atoms with E-state index in [0.717, 1.165) is 0 Å². The van der Waals surface area contributed by atoms with Crippen molar-refractivity contribution in [2.45, 2.75) is 12.5 Å². The van der Waals surface area contributed by atoms with Gasteiger partial charge < -0.3 is 10.6 Å². The molecule has 1 heterocycles. The topological polar surface area (TPSA) is 70.6 Å². The van der Waals surface area contributed by atoms with Gasteiger partial charge in [0.05, 0.1) is 11.5 Å². The van der Waals surface area contributed by atoms with E-state index < -0.39 is 9.84 Å². The van der Waals surface area contributed by atoms with E-state index in [9.17, 15) is 8.42 Å². The molecule has 5 nitrogen and oxygen atoms in total. The van der Waals surface area contributed by atoms with Crippen LogP contribution in [-0.4, -0.2) is 45.5 Å². The first-order chi connectivity index (χ1) is 7.07. The van der Waals surface area contributed by atoms with Gasteiger partial charge >= 0.3 is 0 Å². The molecule has 0 aromatic carbocycles. The highest BCUT2D eigenvalue weighted by molar-refractivity contribution is 14.0. The second kappa shape index (κ2) is 7.10. The average Bonchev–Trinajstić information content (AvgIpc) is 2.52. The Labute approximate surface area is 114 Å². The number of hydrogen-bond donors (Lipinski definition) is 2. The van der Waals surface area contributed by atoms with E-state index in [2.05, 4.69) is 22.2 Å². The third kappa shape index (κ3) is 5.15. The maximum Gasteiger partial charge on any atom is 0.191 e. The van der Waals surface area contributed by atoms with Crippen LogP contribution in [0.1, 0.15) is 6.42 Å². The number of halogens is 1. The molecule has 94 valence electrons. The van der Waals surface area contributed by atoms with E-state index in [0.29, 0.717) is 18.9 Å². The fourth-order valence-corrected chi connectivity index (χ4v) is 3.14. The Hall–Kier alpha value is -0.310. The molecular formula is C9H18IN3O2S. The Kier molecular flexibility index (Phi) is 6.96. The van der Waals surface area contributed by atoms with Crippen molar-refractivity contribution in [2.75, 3.05) is 25.1 Å². The van der Waals surface area contributed by atoms with Crippen molar-refractivity contribution >= 4 is 39.8 Å². The van der Waals surface area contributed by atoms with Gasteiger partial charge in [-0.3, -0.25) is 4.99 Å². The fraction of sp³-hybridized carbons (Fsp3) is 0.667.